The van der Waals surface area contributed by atoms with Gasteiger partial charge in [-0.05, 0) is 36.6 Å². The maximum atomic E-state index is 12.2. The molecule has 0 bridgehead atoms. The Hall–Kier alpha value is -2.80. The third kappa shape index (κ3) is 5.13. The first-order valence-electron chi connectivity index (χ1n) is 9.27. The highest BCUT2D eigenvalue weighted by molar-refractivity contribution is 7.99. The van der Waals surface area contributed by atoms with Gasteiger partial charge < -0.3 is 4.57 Å². The number of nitrogens with zero attached hydrogens (tertiary/aromatic N) is 2. The van der Waals surface area contributed by atoms with E-state index >= 15 is 0 Å². The SMILES string of the molecule is CC(C)CCn1c(SCC(=O)NNC(=O)c2ccccc2)nc2ccccc21. The van der Waals surface area contributed by atoms with Crippen LogP contribution in [-0.2, 0) is 11.3 Å². The Bertz CT molecular complexity index is 953. The number of thioether (sulfide) groups is 1. The van der Waals surface area contributed by atoms with Crippen LogP contribution in [0.4, 0.5) is 0 Å². The molecule has 3 aromatic rings. The molecule has 0 saturated heterocycles. The molecule has 0 saturated carbocycles. The molecule has 0 spiro atoms. The quantitative estimate of drug-likeness (QED) is 0.472. The minimum absolute atomic E-state index is 0.167. The summed E-state index contributed by atoms with van der Waals surface area (Å²) in [5.41, 5.74) is 7.38. The van der Waals surface area contributed by atoms with Crippen molar-refractivity contribution in [3.8, 4) is 0 Å². The molecule has 2 aromatic carbocycles. The summed E-state index contributed by atoms with van der Waals surface area (Å²) >= 11 is 1.37. The van der Waals surface area contributed by atoms with Crippen LogP contribution in [-0.4, -0.2) is 27.1 Å². The molecule has 0 fully saturated rings. The summed E-state index contributed by atoms with van der Waals surface area (Å²) in [7, 11) is 0. The van der Waals surface area contributed by atoms with Crippen LogP contribution in [0.3, 0.4) is 0 Å². The number of hydrogen-bond donors (Lipinski definition) is 2. The predicted octanol–water partition coefficient (Wildman–Crippen LogP) is 3.64. The van der Waals surface area contributed by atoms with Crippen LogP contribution >= 0.6 is 11.8 Å². The van der Waals surface area contributed by atoms with E-state index in [1.54, 1.807) is 24.3 Å². The highest BCUT2D eigenvalue weighted by atomic mass is 32.2. The Kier molecular flexibility index (Phi) is 6.71. The third-order valence-electron chi connectivity index (χ3n) is 4.23. The number of aryl methyl sites for hydroxylation is 1. The van der Waals surface area contributed by atoms with E-state index in [1.807, 2.05) is 30.3 Å². The molecule has 1 heterocycles. The van der Waals surface area contributed by atoms with Gasteiger partial charge in [0.2, 0.25) is 5.91 Å². The number of benzene rings is 2. The smallest absolute Gasteiger partial charge is 0.269 e. The molecule has 28 heavy (non-hydrogen) atoms. The first kappa shape index (κ1) is 19.9. The number of rotatable bonds is 7. The lowest BCUT2D eigenvalue weighted by Crippen LogP contribution is -2.42. The van der Waals surface area contributed by atoms with Gasteiger partial charge in [0.25, 0.3) is 5.91 Å². The van der Waals surface area contributed by atoms with Gasteiger partial charge >= 0.3 is 0 Å². The molecule has 0 aliphatic carbocycles. The first-order valence-corrected chi connectivity index (χ1v) is 10.3. The largest absolute Gasteiger partial charge is 0.319 e. The topological polar surface area (TPSA) is 76.0 Å². The zero-order valence-corrected chi connectivity index (χ0v) is 16.8. The van der Waals surface area contributed by atoms with Crippen molar-refractivity contribution in [2.24, 2.45) is 5.92 Å². The maximum absolute atomic E-state index is 12.2. The number of imidazole rings is 1. The van der Waals surface area contributed by atoms with E-state index in [-0.39, 0.29) is 17.6 Å². The van der Waals surface area contributed by atoms with Crippen molar-refractivity contribution < 1.29 is 9.59 Å². The van der Waals surface area contributed by atoms with E-state index in [4.69, 9.17) is 0 Å². The molecular formula is C21H24N4O2S. The van der Waals surface area contributed by atoms with Crippen LogP contribution in [0.25, 0.3) is 11.0 Å². The van der Waals surface area contributed by atoms with Gasteiger partial charge in [-0.2, -0.15) is 0 Å². The number of hydrogen-bond acceptors (Lipinski definition) is 4. The number of aromatic nitrogens is 2. The van der Waals surface area contributed by atoms with Gasteiger partial charge in [-0.15, -0.1) is 0 Å². The van der Waals surface area contributed by atoms with E-state index in [9.17, 15) is 9.59 Å². The predicted molar refractivity (Wildman–Crippen MR) is 112 cm³/mol. The highest BCUT2D eigenvalue weighted by Crippen LogP contribution is 2.25. The molecule has 7 heteroatoms. The van der Waals surface area contributed by atoms with Crippen molar-refractivity contribution in [2.45, 2.75) is 32.0 Å². The zero-order chi connectivity index (χ0) is 19.9. The normalized spacial score (nSPS) is 11.0. The van der Waals surface area contributed by atoms with Crippen molar-refractivity contribution in [2.75, 3.05) is 5.75 Å². The summed E-state index contributed by atoms with van der Waals surface area (Å²) < 4.78 is 2.16. The monoisotopic (exact) mass is 396 g/mol. The lowest BCUT2D eigenvalue weighted by Gasteiger charge is -2.11. The van der Waals surface area contributed by atoms with Crippen LogP contribution in [0.1, 0.15) is 30.6 Å². The van der Waals surface area contributed by atoms with Crippen LogP contribution in [0.2, 0.25) is 0 Å². The van der Waals surface area contributed by atoms with Gasteiger partial charge in [0, 0.05) is 12.1 Å². The number of nitrogens with one attached hydrogen (secondary N) is 2. The van der Waals surface area contributed by atoms with Gasteiger partial charge in [-0.3, -0.25) is 20.4 Å². The Balaban J connectivity index is 1.60. The summed E-state index contributed by atoms with van der Waals surface area (Å²) in [6.45, 7) is 5.23. The molecule has 0 aliphatic rings. The number of amides is 2. The maximum Gasteiger partial charge on any atom is 0.269 e. The fraction of sp³-hybridized carbons (Fsp3) is 0.286. The van der Waals surface area contributed by atoms with E-state index < -0.39 is 0 Å². The number of fused-ring (bicyclic) bond motifs is 1. The van der Waals surface area contributed by atoms with Gasteiger partial charge in [0.1, 0.15) is 0 Å². The molecule has 3 rings (SSSR count). The van der Waals surface area contributed by atoms with Crippen molar-refractivity contribution in [1.29, 1.82) is 0 Å². The van der Waals surface area contributed by atoms with Gasteiger partial charge in [0.15, 0.2) is 5.16 Å². The molecule has 0 radical (unpaired) electrons. The minimum Gasteiger partial charge on any atom is -0.319 e. The molecule has 146 valence electrons. The fourth-order valence-electron chi connectivity index (χ4n) is 2.72. The second-order valence-corrected chi connectivity index (χ2v) is 7.82. The van der Waals surface area contributed by atoms with Crippen molar-refractivity contribution in [3.63, 3.8) is 0 Å². The molecule has 1 aromatic heterocycles. The van der Waals surface area contributed by atoms with Crippen LogP contribution in [0.5, 0.6) is 0 Å². The Morgan fingerprint density at radius 2 is 1.75 bits per heavy atom. The first-order chi connectivity index (χ1) is 13.5. The second kappa shape index (κ2) is 9.41. The van der Waals surface area contributed by atoms with Crippen molar-refractivity contribution >= 4 is 34.6 Å². The van der Waals surface area contributed by atoms with E-state index in [1.165, 1.54) is 11.8 Å². The summed E-state index contributed by atoms with van der Waals surface area (Å²) in [5.74, 6) is 0.121. The molecule has 0 atom stereocenters. The number of para-hydroxylation sites is 2. The Labute approximate surface area is 168 Å². The Morgan fingerprint density at radius 3 is 2.50 bits per heavy atom. The fourth-order valence-corrected chi connectivity index (χ4v) is 3.56. The lowest BCUT2D eigenvalue weighted by molar-refractivity contribution is -0.119. The van der Waals surface area contributed by atoms with Crippen molar-refractivity contribution in [1.82, 2.24) is 20.4 Å². The molecule has 2 amide bonds. The van der Waals surface area contributed by atoms with Gasteiger partial charge in [-0.1, -0.05) is 55.9 Å². The number of carbonyl (C=O) groups is 2. The standard InChI is InChI=1S/C21H24N4O2S/c1-15(2)12-13-25-18-11-7-6-10-17(18)22-21(25)28-14-19(26)23-24-20(27)16-8-4-3-5-9-16/h3-11,15H,12-14H2,1-2H3,(H,23,26)(H,24,27). The second-order valence-electron chi connectivity index (χ2n) is 6.87. The van der Waals surface area contributed by atoms with Crippen LogP contribution in [0, 0.1) is 5.92 Å². The molecular weight excluding hydrogens is 372 g/mol. The van der Waals surface area contributed by atoms with E-state index in [2.05, 4.69) is 34.3 Å². The minimum atomic E-state index is -0.344. The van der Waals surface area contributed by atoms with Gasteiger partial charge in [0.05, 0.1) is 16.8 Å². The number of hydrazine groups is 1. The van der Waals surface area contributed by atoms with Crippen LogP contribution in [0.15, 0.2) is 59.8 Å². The molecule has 0 unspecified atom stereocenters. The molecule has 6 nitrogen and oxygen atoms in total. The van der Waals surface area contributed by atoms with Crippen LogP contribution < -0.4 is 10.9 Å². The summed E-state index contributed by atoms with van der Waals surface area (Å²) in [4.78, 5) is 28.8. The summed E-state index contributed by atoms with van der Waals surface area (Å²) in [5, 5.41) is 0.811. The lowest BCUT2D eigenvalue weighted by atomic mass is 10.1. The Morgan fingerprint density at radius 1 is 1.04 bits per heavy atom. The molecule has 0 aliphatic heterocycles. The summed E-state index contributed by atoms with van der Waals surface area (Å²) in [6, 6.07) is 16.7. The van der Waals surface area contributed by atoms with E-state index in [0.717, 1.165) is 29.2 Å². The molecule has 2 N–H and O–H groups in total. The average Bonchev–Trinajstić information content (AvgIpc) is 3.07. The summed E-state index contributed by atoms with van der Waals surface area (Å²) in [6.07, 6.45) is 1.03. The van der Waals surface area contributed by atoms with Gasteiger partial charge in [-0.25, -0.2) is 4.98 Å². The average molecular weight is 397 g/mol. The number of carbonyl (C=O) groups excluding carboxylic acids is 2. The third-order valence-corrected chi connectivity index (χ3v) is 5.21. The highest BCUT2D eigenvalue weighted by Gasteiger charge is 2.14. The van der Waals surface area contributed by atoms with Crippen molar-refractivity contribution in [3.05, 3.63) is 60.2 Å². The van der Waals surface area contributed by atoms with E-state index in [0.29, 0.717) is 11.5 Å². The zero-order valence-electron chi connectivity index (χ0n) is 16.0.